The van der Waals surface area contributed by atoms with Crippen LogP contribution < -0.4 is 5.32 Å². The van der Waals surface area contributed by atoms with E-state index in [1.807, 2.05) is 0 Å². The first-order valence-electron chi connectivity index (χ1n) is 5.34. The Balaban J connectivity index is 2.89. The summed E-state index contributed by atoms with van der Waals surface area (Å²) in [5.74, 6) is 0. The van der Waals surface area contributed by atoms with Crippen molar-refractivity contribution in [2.75, 3.05) is 6.54 Å². The lowest BCUT2D eigenvalue weighted by Gasteiger charge is -2.31. The molecule has 1 aromatic rings. The fourth-order valence-electron chi connectivity index (χ4n) is 1.77. The van der Waals surface area contributed by atoms with Gasteiger partial charge in [0.2, 0.25) is 0 Å². The van der Waals surface area contributed by atoms with Crippen molar-refractivity contribution in [2.24, 2.45) is 5.41 Å². The quantitative estimate of drug-likeness (QED) is 0.772. The predicted molar refractivity (Wildman–Crippen MR) is 62.3 cm³/mol. The lowest BCUT2D eigenvalue weighted by molar-refractivity contribution is 0.277. The highest BCUT2D eigenvalue weighted by Gasteiger charge is 2.24. The van der Waals surface area contributed by atoms with Gasteiger partial charge in [-0.3, -0.25) is 0 Å². The molecule has 0 radical (unpaired) electrons. The minimum atomic E-state index is 0.261. The molecule has 0 heterocycles. The molecule has 0 aromatic heterocycles. The minimum Gasteiger partial charge on any atom is -0.310 e. The van der Waals surface area contributed by atoms with E-state index in [1.165, 1.54) is 5.56 Å². The number of hydrogen-bond donors (Lipinski definition) is 1. The summed E-state index contributed by atoms with van der Waals surface area (Å²) >= 11 is 0. The van der Waals surface area contributed by atoms with Crippen molar-refractivity contribution in [3.63, 3.8) is 0 Å². The van der Waals surface area contributed by atoms with Gasteiger partial charge in [0, 0.05) is 6.04 Å². The molecule has 1 nitrogen and oxygen atoms in total. The van der Waals surface area contributed by atoms with Crippen molar-refractivity contribution >= 4 is 0 Å². The predicted octanol–water partition coefficient (Wildman–Crippen LogP) is 3.38. The molecular weight excluding hydrogens is 170 g/mol. The fraction of sp³-hybridized carbons (Fsp3) is 0.538. The standard InChI is InChI=1S/C13H21N/c1-5-14-12(13(2,3)4)11-9-7-6-8-10-11/h6-10,12,14H,5H2,1-4H3. The molecule has 1 aromatic carbocycles. The van der Waals surface area contributed by atoms with E-state index in [-0.39, 0.29) is 5.41 Å². The van der Waals surface area contributed by atoms with Gasteiger partial charge in [-0.1, -0.05) is 58.0 Å². The van der Waals surface area contributed by atoms with Crippen LogP contribution in [0.25, 0.3) is 0 Å². The summed E-state index contributed by atoms with van der Waals surface area (Å²) in [6.45, 7) is 9.98. The number of nitrogens with one attached hydrogen (secondary N) is 1. The van der Waals surface area contributed by atoms with Gasteiger partial charge >= 0.3 is 0 Å². The molecule has 0 saturated carbocycles. The Morgan fingerprint density at radius 3 is 2.14 bits per heavy atom. The molecule has 0 bridgehead atoms. The maximum absolute atomic E-state index is 3.54. The smallest absolute Gasteiger partial charge is 0.0369 e. The normalized spacial score (nSPS) is 14.0. The van der Waals surface area contributed by atoms with E-state index < -0.39 is 0 Å². The van der Waals surface area contributed by atoms with Gasteiger partial charge in [0.05, 0.1) is 0 Å². The van der Waals surface area contributed by atoms with Gasteiger partial charge < -0.3 is 5.32 Å². The third-order valence-corrected chi connectivity index (χ3v) is 2.41. The molecule has 0 aliphatic heterocycles. The van der Waals surface area contributed by atoms with Crippen LogP contribution in [0.2, 0.25) is 0 Å². The summed E-state index contributed by atoms with van der Waals surface area (Å²) < 4.78 is 0. The van der Waals surface area contributed by atoms with E-state index in [2.05, 4.69) is 63.3 Å². The van der Waals surface area contributed by atoms with Crippen LogP contribution >= 0.6 is 0 Å². The molecule has 1 N–H and O–H groups in total. The van der Waals surface area contributed by atoms with Crippen molar-refractivity contribution in [1.82, 2.24) is 5.32 Å². The zero-order valence-corrected chi connectivity index (χ0v) is 9.67. The van der Waals surface area contributed by atoms with Crippen LogP contribution in [0.15, 0.2) is 30.3 Å². The van der Waals surface area contributed by atoms with Crippen molar-refractivity contribution < 1.29 is 0 Å². The molecule has 14 heavy (non-hydrogen) atoms. The van der Waals surface area contributed by atoms with Crippen LogP contribution in [0.4, 0.5) is 0 Å². The van der Waals surface area contributed by atoms with Gasteiger partial charge in [0.1, 0.15) is 0 Å². The summed E-state index contributed by atoms with van der Waals surface area (Å²) in [4.78, 5) is 0. The van der Waals surface area contributed by atoms with Gasteiger partial charge in [0.15, 0.2) is 0 Å². The first kappa shape index (κ1) is 11.3. The maximum atomic E-state index is 3.54. The maximum Gasteiger partial charge on any atom is 0.0369 e. The van der Waals surface area contributed by atoms with E-state index in [0.717, 1.165) is 6.54 Å². The molecule has 0 amide bonds. The molecule has 1 unspecified atom stereocenters. The van der Waals surface area contributed by atoms with Crippen molar-refractivity contribution in [2.45, 2.75) is 33.7 Å². The summed E-state index contributed by atoms with van der Waals surface area (Å²) in [5.41, 5.74) is 1.64. The Labute approximate surface area is 87.5 Å². The van der Waals surface area contributed by atoms with Crippen LogP contribution in [-0.2, 0) is 0 Å². The monoisotopic (exact) mass is 191 g/mol. The highest BCUT2D eigenvalue weighted by molar-refractivity contribution is 5.20. The van der Waals surface area contributed by atoms with Crippen molar-refractivity contribution in [1.29, 1.82) is 0 Å². The van der Waals surface area contributed by atoms with Gasteiger partial charge in [-0.05, 0) is 17.5 Å². The van der Waals surface area contributed by atoms with Gasteiger partial charge in [-0.2, -0.15) is 0 Å². The Hall–Kier alpha value is -0.820. The lowest BCUT2D eigenvalue weighted by Crippen LogP contribution is -2.32. The highest BCUT2D eigenvalue weighted by atomic mass is 14.9. The van der Waals surface area contributed by atoms with Crippen LogP contribution in [0.3, 0.4) is 0 Å². The van der Waals surface area contributed by atoms with Gasteiger partial charge in [-0.15, -0.1) is 0 Å². The Bertz CT molecular complexity index is 258. The largest absolute Gasteiger partial charge is 0.310 e. The number of benzene rings is 1. The average molecular weight is 191 g/mol. The lowest BCUT2D eigenvalue weighted by atomic mass is 9.82. The molecular formula is C13H21N. The second-order valence-electron chi connectivity index (χ2n) is 4.77. The van der Waals surface area contributed by atoms with E-state index in [1.54, 1.807) is 0 Å². The van der Waals surface area contributed by atoms with Crippen molar-refractivity contribution in [3.8, 4) is 0 Å². The third kappa shape index (κ3) is 2.85. The molecule has 0 spiro atoms. The molecule has 0 aliphatic rings. The molecule has 78 valence electrons. The summed E-state index contributed by atoms with van der Waals surface area (Å²) in [6, 6.07) is 11.1. The van der Waals surface area contributed by atoms with E-state index in [0.29, 0.717) is 6.04 Å². The second-order valence-corrected chi connectivity index (χ2v) is 4.77. The van der Waals surface area contributed by atoms with Crippen molar-refractivity contribution in [3.05, 3.63) is 35.9 Å². The Kier molecular flexibility index (Phi) is 3.70. The van der Waals surface area contributed by atoms with Gasteiger partial charge in [0.25, 0.3) is 0 Å². The molecule has 1 rings (SSSR count). The molecule has 0 saturated heterocycles. The number of hydrogen-bond acceptors (Lipinski definition) is 1. The SMILES string of the molecule is CCNC(c1ccccc1)C(C)(C)C. The van der Waals surface area contributed by atoms with E-state index in [9.17, 15) is 0 Å². The van der Waals surface area contributed by atoms with Gasteiger partial charge in [-0.25, -0.2) is 0 Å². The molecule has 0 aliphatic carbocycles. The summed E-state index contributed by atoms with van der Waals surface area (Å²) in [7, 11) is 0. The first-order valence-corrected chi connectivity index (χ1v) is 5.34. The molecule has 0 fully saturated rings. The zero-order chi connectivity index (χ0) is 10.6. The van der Waals surface area contributed by atoms with Crippen LogP contribution in [-0.4, -0.2) is 6.54 Å². The Morgan fingerprint density at radius 1 is 1.14 bits per heavy atom. The second kappa shape index (κ2) is 4.61. The first-order chi connectivity index (χ1) is 6.55. The van der Waals surface area contributed by atoms with Crippen LogP contribution in [0.1, 0.15) is 39.3 Å². The highest BCUT2D eigenvalue weighted by Crippen LogP contribution is 2.32. The zero-order valence-electron chi connectivity index (χ0n) is 9.67. The molecule has 1 atom stereocenters. The van der Waals surface area contributed by atoms with E-state index >= 15 is 0 Å². The van der Waals surface area contributed by atoms with Crippen LogP contribution in [0, 0.1) is 5.41 Å². The average Bonchev–Trinajstić information content (AvgIpc) is 2.14. The van der Waals surface area contributed by atoms with Crippen LogP contribution in [0.5, 0.6) is 0 Å². The number of rotatable bonds is 3. The topological polar surface area (TPSA) is 12.0 Å². The third-order valence-electron chi connectivity index (χ3n) is 2.41. The summed E-state index contributed by atoms with van der Waals surface area (Å²) in [6.07, 6.45) is 0. The minimum absolute atomic E-state index is 0.261. The Morgan fingerprint density at radius 2 is 1.71 bits per heavy atom. The van der Waals surface area contributed by atoms with E-state index in [4.69, 9.17) is 0 Å². The summed E-state index contributed by atoms with van der Waals surface area (Å²) in [5, 5.41) is 3.54. The molecule has 1 heteroatoms. The fourth-order valence-corrected chi connectivity index (χ4v) is 1.77.